The maximum atomic E-state index is 14.2. The van der Waals surface area contributed by atoms with E-state index in [0.717, 1.165) is 59.3 Å². The second-order valence-corrected chi connectivity index (χ2v) is 22.4. The standard InChI is InChI=1S/C60H84N4O4/c1-13-15-17-19-21-23-41-25-29-43(30-26-41)57(67)61-49-35-51-47(59(9,10)39(7)63(51)37(3)4)33-45(49)53-55(65)54(56(53)66)46-34-48-52(64(38(5)6)40(8)60(48,11)12)36-50(46)62-58(68)44-31-27-42(28-32-44)24-22-20-18-16-14-2/h25-40,53-56,65-66H,13-24H2,1-12H3,(H,61,67)(H,62,68). The first-order valence-corrected chi connectivity index (χ1v) is 26.4. The van der Waals surface area contributed by atoms with Gasteiger partial charge in [-0.25, -0.2) is 0 Å². The van der Waals surface area contributed by atoms with Gasteiger partial charge in [0, 0.05) is 80.7 Å². The number of benzene rings is 4. The zero-order valence-corrected chi connectivity index (χ0v) is 43.6. The Labute approximate surface area is 409 Å². The fourth-order valence-corrected chi connectivity index (χ4v) is 11.8. The normalized spacial score (nSPS) is 22.4. The van der Waals surface area contributed by atoms with Crippen molar-refractivity contribution in [2.75, 3.05) is 20.4 Å². The van der Waals surface area contributed by atoms with Gasteiger partial charge in [0.15, 0.2) is 0 Å². The van der Waals surface area contributed by atoms with Crippen molar-refractivity contribution in [2.45, 2.75) is 219 Å². The molecule has 0 saturated heterocycles. The number of hydrogen-bond acceptors (Lipinski definition) is 6. The molecule has 4 aromatic carbocycles. The highest BCUT2D eigenvalue weighted by Gasteiger charge is 2.54. The van der Waals surface area contributed by atoms with Crippen molar-refractivity contribution in [3.8, 4) is 0 Å². The van der Waals surface area contributed by atoms with E-state index < -0.39 is 24.0 Å². The SMILES string of the molecule is CCCCCCCc1ccc(C(=O)Nc2cc3c(cc2C2C(O)C(c4cc5c(cc4NC(=O)c4ccc(CCCCCCC)cc4)N(C(C)C)C(C)C5(C)C)C2O)C(C)(C)C(C)N3C(C)C)cc1. The molecule has 2 heterocycles. The fraction of sp³-hybridized carbons (Fsp3) is 0.567. The molecule has 7 rings (SSSR count). The fourth-order valence-electron chi connectivity index (χ4n) is 11.8. The average Bonchev–Trinajstić information content (AvgIpc) is 3.62. The number of aryl methyl sites for hydroxylation is 2. The molecule has 0 radical (unpaired) electrons. The van der Waals surface area contributed by atoms with Crippen molar-refractivity contribution in [1.82, 2.24) is 0 Å². The highest BCUT2D eigenvalue weighted by atomic mass is 16.3. The molecule has 0 bridgehead atoms. The summed E-state index contributed by atoms with van der Waals surface area (Å²) in [7, 11) is 0. The Morgan fingerprint density at radius 1 is 0.544 bits per heavy atom. The Hall–Kier alpha value is -4.66. The number of fused-ring (bicyclic) bond motifs is 2. The molecular weight excluding hydrogens is 841 g/mol. The molecule has 8 nitrogen and oxygen atoms in total. The number of rotatable bonds is 20. The Kier molecular flexibility index (Phi) is 15.9. The number of amides is 2. The highest BCUT2D eigenvalue weighted by Crippen LogP contribution is 2.57. The van der Waals surface area contributed by atoms with E-state index in [2.05, 4.69) is 152 Å². The van der Waals surface area contributed by atoms with Crippen LogP contribution < -0.4 is 20.4 Å². The molecule has 2 amide bonds. The van der Waals surface area contributed by atoms with Crippen LogP contribution in [-0.2, 0) is 23.7 Å². The smallest absolute Gasteiger partial charge is 0.255 e. The molecule has 4 N–H and O–H groups in total. The molecule has 368 valence electrons. The lowest BCUT2D eigenvalue weighted by molar-refractivity contribution is -0.0781. The number of carbonyl (C=O) groups is 2. The summed E-state index contributed by atoms with van der Waals surface area (Å²) in [4.78, 5) is 33.3. The van der Waals surface area contributed by atoms with Crippen molar-refractivity contribution in [3.05, 3.63) is 117 Å². The van der Waals surface area contributed by atoms with Gasteiger partial charge in [0.2, 0.25) is 0 Å². The van der Waals surface area contributed by atoms with Gasteiger partial charge in [0.25, 0.3) is 11.8 Å². The summed E-state index contributed by atoms with van der Waals surface area (Å²) in [6, 6.07) is 25.1. The molecular formula is C60H84N4O4. The molecule has 68 heavy (non-hydrogen) atoms. The van der Waals surface area contributed by atoms with E-state index in [0.29, 0.717) is 22.5 Å². The third kappa shape index (κ3) is 10.0. The van der Waals surface area contributed by atoms with Crippen LogP contribution in [0.2, 0.25) is 0 Å². The number of aliphatic hydroxyl groups is 2. The number of nitrogens with zero attached hydrogens (tertiary/aromatic N) is 2. The predicted molar refractivity (Wildman–Crippen MR) is 284 cm³/mol. The number of anilines is 4. The second-order valence-electron chi connectivity index (χ2n) is 22.4. The van der Waals surface area contributed by atoms with Crippen LogP contribution in [0, 0.1) is 0 Å². The monoisotopic (exact) mass is 925 g/mol. The number of carbonyl (C=O) groups excluding carboxylic acids is 2. The molecule has 3 aliphatic rings. The summed E-state index contributed by atoms with van der Waals surface area (Å²) in [5.41, 5.74) is 10.1. The van der Waals surface area contributed by atoms with E-state index in [9.17, 15) is 19.8 Å². The molecule has 1 aliphatic carbocycles. The summed E-state index contributed by atoms with van der Waals surface area (Å²) in [6.45, 7) is 26.8. The summed E-state index contributed by atoms with van der Waals surface area (Å²) >= 11 is 0. The number of nitrogens with one attached hydrogen (secondary N) is 2. The first kappa shape index (κ1) is 51.2. The third-order valence-corrected chi connectivity index (χ3v) is 16.6. The van der Waals surface area contributed by atoms with Gasteiger partial charge in [-0.1, -0.05) is 129 Å². The summed E-state index contributed by atoms with van der Waals surface area (Å²) < 4.78 is 0. The van der Waals surface area contributed by atoms with Crippen LogP contribution in [0.25, 0.3) is 0 Å². The zero-order chi connectivity index (χ0) is 49.2. The molecule has 8 heteroatoms. The van der Waals surface area contributed by atoms with E-state index in [4.69, 9.17) is 0 Å². The maximum absolute atomic E-state index is 14.2. The molecule has 2 atom stereocenters. The van der Waals surface area contributed by atoms with Gasteiger partial charge in [-0.2, -0.15) is 0 Å². The summed E-state index contributed by atoms with van der Waals surface area (Å²) in [6.07, 6.45) is 12.2. The van der Waals surface area contributed by atoms with E-state index in [-0.39, 0.29) is 46.8 Å². The van der Waals surface area contributed by atoms with E-state index in [1.54, 1.807) is 0 Å². The second kappa shape index (κ2) is 21.1. The van der Waals surface area contributed by atoms with Gasteiger partial charge in [0.1, 0.15) is 0 Å². The van der Waals surface area contributed by atoms with Gasteiger partial charge >= 0.3 is 0 Å². The molecule has 4 aromatic rings. The Balaban J connectivity index is 1.23. The van der Waals surface area contributed by atoms with Crippen molar-refractivity contribution in [3.63, 3.8) is 0 Å². The minimum absolute atomic E-state index is 0.176. The van der Waals surface area contributed by atoms with Crippen LogP contribution in [-0.4, -0.2) is 58.4 Å². The van der Waals surface area contributed by atoms with E-state index in [1.807, 2.05) is 24.3 Å². The van der Waals surface area contributed by atoms with Crippen LogP contribution in [0.1, 0.15) is 213 Å². The average molecular weight is 925 g/mol. The number of unbranched alkanes of at least 4 members (excludes halogenated alkanes) is 8. The molecule has 0 aromatic heterocycles. The van der Waals surface area contributed by atoms with Gasteiger partial charge in [-0.15, -0.1) is 0 Å². The van der Waals surface area contributed by atoms with Crippen molar-refractivity contribution in [1.29, 1.82) is 0 Å². The van der Waals surface area contributed by atoms with E-state index in [1.165, 1.54) is 62.5 Å². The van der Waals surface area contributed by atoms with Crippen LogP contribution >= 0.6 is 0 Å². The highest BCUT2D eigenvalue weighted by molar-refractivity contribution is 6.06. The van der Waals surface area contributed by atoms with Crippen LogP contribution in [0.4, 0.5) is 22.7 Å². The van der Waals surface area contributed by atoms with Crippen LogP contribution in [0.5, 0.6) is 0 Å². The first-order chi connectivity index (χ1) is 32.3. The van der Waals surface area contributed by atoms with Gasteiger partial charge in [-0.3, -0.25) is 9.59 Å². The topological polar surface area (TPSA) is 105 Å². The molecule has 1 fully saturated rings. The van der Waals surface area contributed by atoms with Crippen molar-refractivity contribution < 1.29 is 19.8 Å². The lowest BCUT2D eigenvalue weighted by Crippen LogP contribution is -2.52. The summed E-state index contributed by atoms with van der Waals surface area (Å²) in [5, 5.41) is 31.8. The number of hydrogen-bond donors (Lipinski definition) is 4. The molecule has 0 spiro atoms. The zero-order valence-electron chi connectivity index (χ0n) is 43.6. The van der Waals surface area contributed by atoms with Gasteiger partial charge in [-0.05, 0) is 137 Å². The lowest BCUT2D eigenvalue weighted by Gasteiger charge is -2.48. The van der Waals surface area contributed by atoms with Crippen LogP contribution in [0.15, 0.2) is 72.8 Å². The van der Waals surface area contributed by atoms with E-state index >= 15 is 0 Å². The van der Waals surface area contributed by atoms with Crippen molar-refractivity contribution >= 4 is 34.6 Å². The van der Waals surface area contributed by atoms with Gasteiger partial charge in [0.05, 0.1) is 12.2 Å². The predicted octanol–water partition coefficient (Wildman–Crippen LogP) is 13.6. The lowest BCUT2D eigenvalue weighted by atomic mass is 9.61. The minimum Gasteiger partial charge on any atom is -0.392 e. The maximum Gasteiger partial charge on any atom is 0.255 e. The third-order valence-electron chi connectivity index (χ3n) is 16.6. The molecule has 1 saturated carbocycles. The minimum atomic E-state index is -1.01. The molecule has 2 aliphatic heterocycles. The Bertz CT molecular complexity index is 2210. The largest absolute Gasteiger partial charge is 0.392 e. The van der Waals surface area contributed by atoms with Crippen LogP contribution in [0.3, 0.4) is 0 Å². The summed E-state index contributed by atoms with van der Waals surface area (Å²) in [5.74, 6) is -1.84. The Morgan fingerprint density at radius 3 is 1.21 bits per heavy atom. The van der Waals surface area contributed by atoms with Crippen molar-refractivity contribution in [2.24, 2.45) is 0 Å². The van der Waals surface area contributed by atoms with Gasteiger partial charge < -0.3 is 30.6 Å². The quantitative estimate of drug-likeness (QED) is 0.0658. The number of aliphatic hydroxyl groups excluding tert-OH is 2. The first-order valence-electron chi connectivity index (χ1n) is 26.4. The molecule has 2 unspecified atom stereocenters. The Morgan fingerprint density at radius 2 is 0.882 bits per heavy atom.